The van der Waals surface area contributed by atoms with E-state index in [0.717, 1.165) is 83.5 Å². The van der Waals surface area contributed by atoms with Crippen molar-refractivity contribution in [2.24, 2.45) is 0 Å². The minimum Gasteiger partial charge on any atom is -0.462 e. The van der Waals surface area contributed by atoms with Crippen LogP contribution >= 0.6 is 0 Å². The summed E-state index contributed by atoms with van der Waals surface area (Å²) in [7, 11) is 0. The molecule has 0 radical (unpaired) electrons. The molecule has 0 saturated heterocycles. The molecule has 0 amide bonds. The molecule has 1 unspecified atom stereocenters. The Labute approximate surface area is 504 Å². The van der Waals surface area contributed by atoms with Crippen molar-refractivity contribution >= 4 is 17.9 Å². The fourth-order valence-electron chi connectivity index (χ4n) is 10.6. The van der Waals surface area contributed by atoms with Gasteiger partial charge in [0.25, 0.3) is 0 Å². The third-order valence-electron chi connectivity index (χ3n) is 16.0. The average Bonchev–Trinajstić information content (AvgIpc) is 3.47. The maximum Gasteiger partial charge on any atom is 0.306 e. The van der Waals surface area contributed by atoms with Crippen LogP contribution in [0.15, 0.2) is 60.8 Å². The van der Waals surface area contributed by atoms with Crippen molar-refractivity contribution in [3.63, 3.8) is 0 Å². The Hall–Kier alpha value is -2.89. The molecule has 1 atom stereocenters. The van der Waals surface area contributed by atoms with E-state index in [0.29, 0.717) is 19.3 Å². The predicted octanol–water partition coefficient (Wildman–Crippen LogP) is 24.7. The first kappa shape index (κ1) is 78.1. The van der Waals surface area contributed by atoms with Crippen LogP contribution in [0.2, 0.25) is 0 Å². The fourth-order valence-corrected chi connectivity index (χ4v) is 10.6. The standard InChI is InChI=1S/C75H136O6/c1-4-7-10-13-16-19-21-23-25-27-29-31-33-34-35-36-37-38-39-40-42-43-45-47-49-51-53-56-59-62-65-68-74(77)80-71-72(70-79-73(76)67-64-61-58-55-18-15-12-9-6-3)81-75(78)69-66-63-60-57-54-52-50-48-46-44-41-32-30-28-26-24-22-20-17-14-11-8-5-2/h21-24,27-30,41,44,72H,4-20,25-26,31-40,42-43,45-71H2,1-3H3/b23-21-,24-22-,29-27-,30-28-,44-41-. The molecule has 0 N–H and O–H groups in total. The lowest BCUT2D eigenvalue weighted by molar-refractivity contribution is -0.167. The van der Waals surface area contributed by atoms with Gasteiger partial charge >= 0.3 is 17.9 Å². The largest absolute Gasteiger partial charge is 0.462 e. The van der Waals surface area contributed by atoms with Gasteiger partial charge in [-0.05, 0) is 89.9 Å². The number of allylic oxidation sites excluding steroid dienone is 10. The minimum absolute atomic E-state index is 0.0727. The number of unbranched alkanes of at least 4 members (excludes halogenated alkanes) is 45. The highest BCUT2D eigenvalue weighted by atomic mass is 16.6. The van der Waals surface area contributed by atoms with E-state index >= 15 is 0 Å². The van der Waals surface area contributed by atoms with Crippen LogP contribution in [-0.2, 0) is 28.6 Å². The molecule has 6 heteroatoms. The summed E-state index contributed by atoms with van der Waals surface area (Å²) < 4.78 is 16.9. The van der Waals surface area contributed by atoms with Crippen LogP contribution in [0.5, 0.6) is 0 Å². The second-order valence-corrected chi connectivity index (χ2v) is 24.1. The van der Waals surface area contributed by atoms with Crippen LogP contribution < -0.4 is 0 Å². The number of carbonyl (C=O) groups is 3. The zero-order valence-electron chi connectivity index (χ0n) is 54.3. The molecule has 0 aliphatic rings. The Balaban J connectivity index is 4.11. The normalized spacial score (nSPS) is 12.4. The lowest BCUT2D eigenvalue weighted by atomic mass is 10.0. The van der Waals surface area contributed by atoms with Crippen LogP contribution in [0.3, 0.4) is 0 Å². The molecule has 0 spiro atoms. The van der Waals surface area contributed by atoms with Gasteiger partial charge in [-0.25, -0.2) is 0 Å². The van der Waals surface area contributed by atoms with Gasteiger partial charge in [0.05, 0.1) is 0 Å². The van der Waals surface area contributed by atoms with E-state index in [1.165, 1.54) is 257 Å². The van der Waals surface area contributed by atoms with E-state index < -0.39 is 6.10 Å². The van der Waals surface area contributed by atoms with Gasteiger partial charge in [0, 0.05) is 19.3 Å². The number of ether oxygens (including phenoxy) is 3. The lowest BCUT2D eigenvalue weighted by Gasteiger charge is -2.18. The van der Waals surface area contributed by atoms with Crippen molar-refractivity contribution in [2.75, 3.05) is 13.2 Å². The summed E-state index contributed by atoms with van der Waals surface area (Å²) in [4.78, 5) is 38.3. The molecular formula is C75H136O6. The summed E-state index contributed by atoms with van der Waals surface area (Å²) >= 11 is 0. The van der Waals surface area contributed by atoms with Gasteiger partial charge in [0.2, 0.25) is 0 Å². The van der Waals surface area contributed by atoms with E-state index in [9.17, 15) is 14.4 Å². The molecule has 0 aromatic rings. The quantitative estimate of drug-likeness (QED) is 0.0261. The average molecular weight is 1130 g/mol. The minimum atomic E-state index is -0.776. The zero-order chi connectivity index (χ0) is 58.5. The van der Waals surface area contributed by atoms with E-state index in [4.69, 9.17) is 14.2 Å². The number of hydrogen-bond donors (Lipinski definition) is 0. The lowest BCUT2D eigenvalue weighted by Crippen LogP contribution is -2.30. The summed E-state index contributed by atoms with van der Waals surface area (Å²) in [5.74, 6) is -0.861. The Bertz CT molecular complexity index is 1440. The first-order chi connectivity index (χ1) is 40.0. The van der Waals surface area contributed by atoms with Crippen LogP contribution in [0.25, 0.3) is 0 Å². The first-order valence-electron chi connectivity index (χ1n) is 35.8. The molecule has 0 heterocycles. The van der Waals surface area contributed by atoms with Crippen molar-refractivity contribution in [3.05, 3.63) is 60.8 Å². The van der Waals surface area contributed by atoms with Crippen molar-refractivity contribution in [3.8, 4) is 0 Å². The second kappa shape index (κ2) is 69.6. The summed E-state index contributed by atoms with van der Waals surface area (Å²) in [5, 5.41) is 0. The third-order valence-corrected chi connectivity index (χ3v) is 16.0. The highest BCUT2D eigenvalue weighted by Gasteiger charge is 2.19. The van der Waals surface area contributed by atoms with Gasteiger partial charge in [-0.1, -0.05) is 332 Å². The maximum absolute atomic E-state index is 12.9. The van der Waals surface area contributed by atoms with Crippen molar-refractivity contribution in [1.82, 2.24) is 0 Å². The van der Waals surface area contributed by atoms with Gasteiger partial charge < -0.3 is 14.2 Å². The van der Waals surface area contributed by atoms with Gasteiger partial charge in [0.15, 0.2) is 6.10 Å². The molecule has 0 aliphatic heterocycles. The molecule has 472 valence electrons. The number of hydrogen-bond acceptors (Lipinski definition) is 6. The third kappa shape index (κ3) is 67.8. The number of esters is 3. The monoisotopic (exact) mass is 1130 g/mol. The van der Waals surface area contributed by atoms with Gasteiger partial charge in [-0.2, -0.15) is 0 Å². The molecule has 0 bridgehead atoms. The second-order valence-electron chi connectivity index (χ2n) is 24.1. The Kier molecular flexibility index (Phi) is 67.1. The van der Waals surface area contributed by atoms with Gasteiger partial charge in [-0.3, -0.25) is 14.4 Å². The van der Waals surface area contributed by atoms with Crippen LogP contribution in [0.4, 0.5) is 0 Å². The van der Waals surface area contributed by atoms with Gasteiger partial charge in [0.1, 0.15) is 13.2 Å². The van der Waals surface area contributed by atoms with Crippen molar-refractivity contribution in [2.45, 2.75) is 386 Å². The van der Waals surface area contributed by atoms with Gasteiger partial charge in [-0.15, -0.1) is 0 Å². The zero-order valence-corrected chi connectivity index (χ0v) is 54.3. The Morgan fingerprint density at radius 1 is 0.247 bits per heavy atom. The molecule has 0 aliphatic carbocycles. The topological polar surface area (TPSA) is 78.9 Å². The molecule has 6 nitrogen and oxygen atoms in total. The summed E-state index contributed by atoms with van der Waals surface area (Å²) in [6, 6.07) is 0. The molecule has 0 fully saturated rings. The van der Waals surface area contributed by atoms with Crippen LogP contribution in [0.1, 0.15) is 380 Å². The summed E-state index contributed by atoms with van der Waals surface area (Å²) in [6.45, 7) is 6.65. The molecule has 0 rings (SSSR count). The Morgan fingerprint density at radius 3 is 0.691 bits per heavy atom. The SMILES string of the molecule is CCCCCCC/C=C\C/C=C\C/C=C\CCCCCCCCCCC(=O)OC(COC(=O)CCCCCCCCCCC)COC(=O)CCCCCCCCCCCCCCCCCCCCC/C=C\C/C=C\CCCCCCC. The van der Waals surface area contributed by atoms with E-state index in [-0.39, 0.29) is 31.1 Å². The first-order valence-corrected chi connectivity index (χ1v) is 35.8. The van der Waals surface area contributed by atoms with Crippen molar-refractivity contribution in [1.29, 1.82) is 0 Å². The molecule has 81 heavy (non-hydrogen) atoms. The van der Waals surface area contributed by atoms with E-state index in [1.807, 2.05) is 0 Å². The smallest absolute Gasteiger partial charge is 0.306 e. The van der Waals surface area contributed by atoms with Crippen molar-refractivity contribution < 1.29 is 28.6 Å². The fraction of sp³-hybridized carbons (Fsp3) is 0.827. The molecule has 0 aromatic carbocycles. The number of carbonyl (C=O) groups excluding carboxylic acids is 3. The van der Waals surface area contributed by atoms with Crippen LogP contribution in [0, 0.1) is 0 Å². The Morgan fingerprint density at radius 2 is 0.444 bits per heavy atom. The van der Waals surface area contributed by atoms with E-state index in [2.05, 4.69) is 81.5 Å². The van der Waals surface area contributed by atoms with Crippen LogP contribution in [-0.4, -0.2) is 37.2 Å². The highest BCUT2D eigenvalue weighted by molar-refractivity contribution is 5.71. The molecule has 0 saturated carbocycles. The summed E-state index contributed by atoms with van der Waals surface area (Å²) in [5.41, 5.74) is 0. The van der Waals surface area contributed by atoms with E-state index in [1.54, 1.807) is 0 Å². The molecule has 0 aromatic heterocycles. The highest BCUT2D eigenvalue weighted by Crippen LogP contribution is 2.18. The summed E-state index contributed by atoms with van der Waals surface area (Å²) in [6.07, 6.45) is 89.8. The number of rotatable bonds is 66. The maximum atomic E-state index is 12.9. The predicted molar refractivity (Wildman–Crippen MR) is 353 cm³/mol. The molecular weight excluding hydrogens is 997 g/mol.